The summed E-state index contributed by atoms with van der Waals surface area (Å²) in [5.74, 6) is -0.621. The number of pyridine rings is 1. The fourth-order valence-corrected chi connectivity index (χ4v) is 2.42. The van der Waals surface area contributed by atoms with Crippen LogP contribution in [0.25, 0.3) is 11.1 Å². The number of rotatable bonds is 5. The number of carbonyl (C=O) groups is 2. The molecule has 0 fully saturated rings. The summed E-state index contributed by atoms with van der Waals surface area (Å²) in [5, 5.41) is 8.84. The van der Waals surface area contributed by atoms with Crippen LogP contribution in [0.15, 0.2) is 71.7 Å². The minimum Gasteiger partial charge on any atom is -0.484 e. The van der Waals surface area contributed by atoms with E-state index in [0.717, 1.165) is 11.1 Å². The first kappa shape index (κ1) is 19.4. The van der Waals surface area contributed by atoms with Crippen molar-refractivity contribution in [3.63, 3.8) is 0 Å². The Kier molecular flexibility index (Phi) is 6.02. The molecule has 29 heavy (non-hydrogen) atoms. The zero-order valence-electron chi connectivity index (χ0n) is 15.1. The molecule has 0 spiro atoms. The Labute approximate surface area is 165 Å². The van der Waals surface area contributed by atoms with Gasteiger partial charge in [0.15, 0.2) is 6.61 Å². The smallest absolute Gasteiger partial charge is 0.276 e. The first-order chi connectivity index (χ1) is 14.0. The summed E-state index contributed by atoms with van der Waals surface area (Å²) in [6, 6.07) is 18.9. The number of hydrogen-bond acceptors (Lipinski definition) is 5. The lowest BCUT2D eigenvalue weighted by Crippen LogP contribution is -2.43. The van der Waals surface area contributed by atoms with E-state index in [1.165, 1.54) is 18.3 Å². The second-order valence-electron chi connectivity index (χ2n) is 5.95. The van der Waals surface area contributed by atoms with Crippen LogP contribution < -0.4 is 21.1 Å². The summed E-state index contributed by atoms with van der Waals surface area (Å²) >= 11 is 0. The van der Waals surface area contributed by atoms with Crippen molar-refractivity contribution < 1.29 is 14.3 Å². The second-order valence-corrected chi connectivity index (χ2v) is 5.95. The number of nitrogens with zero attached hydrogens (tertiary/aromatic N) is 1. The van der Waals surface area contributed by atoms with E-state index in [4.69, 9.17) is 10.00 Å². The van der Waals surface area contributed by atoms with Crippen molar-refractivity contribution in [1.82, 2.24) is 15.8 Å². The summed E-state index contributed by atoms with van der Waals surface area (Å²) in [7, 11) is 0. The number of carbonyl (C=O) groups excluding carboxylic acids is 2. The van der Waals surface area contributed by atoms with Crippen LogP contribution in [0.3, 0.4) is 0 Å². The highest BCUT2D eigenvalue weighted by Gasteiger charge is 2.08. The number of nitrogens with one attached hydrogen (secondary N) is 3. The summed E-state index contributed by atoms with van der Waals surface area (Å²) in [4.78, 5) is 37.0. The van der Waals surface area contributed by atoms with E-state index in [2.05, 4.69) is 21.9 Å². The van der Waals surface area contributed by atoms with Gasteiger partial charge >= 0.3 is 0 Å². The van der Waals surface area contributed by atoms with E-state index >= 15 is 0 Å². The Morgan fingerprint density at radius 2 is 1.59 bits per heavy atom. The van der Waals surface area contributed by atoms with Gasteiger partial charge in [0, 0.05) is 12.3 Å². The number of nitriles is 1. The molecule has 0 bridgehead atoms. The van der Waals surface area contributed by atoms with Crippen molar-refractivity contribution in [1.29, 1.82) is 5.26 Å². The van der Waals surface area contributed by atoms with E-state index < -0.39 is 11.8 Å². The van der Waals surface area contributed by atoms with Crippen molar-refractivity contribution in [3.05, 3.63) is 88.3 Å². The standard InChI is InChI=1S/C21H16N4O4/c22-11-14-1-3-15(4-2-14)16-5-8-18(9-6-16)29-13-20(27)24-25-21(28)17-7-10-19(26)23-12-17/h1-10,12H,13H2,(H,23,26)(H,24,27)(H,25,28). The number of hydrazine groups is 1. The van der Waals surface area contributed by atoms with Crippen molar-refractivity contribution in [2.24, 2.45) is 0 Å². The van der Waals surface area contributed by atoms with Gasteiger partial charge in [-0.2, -0.15) is 5.26 Å². The monoisotopic (exact) mass is 388 g/mol. The van der Waals surface area contributed by atoms with Crippen molar-refractivity contribution in [3.8, 4) is 22.9 Å². The second kappa shape index (κ2) is 9.01. The van der Waals surface area contributed by atoms with Crippen LogP contribution >= 0.6 is 0 Å². The van der Waals surface area contributed by atoms with Gasteiger partial charge < -0.3 is 9.72 Å². The number of H-pyrrole nitrogens is 1. The fraction of sp³-hybridized carbons (Fsp3) is 0.0476. The molecule has 2 aromatic carbocycles. The van der Waals surface area contributed by atoms with Gasteiger partial charge in [0.2, 0.25) is 5.56 Å². The Morgan fingerprint density at radius 1 is 0.931 bits per heavy atom. The highest BCUT2D eigenvalue weighted by molar-refractivity contribution is 5.95. The van der Waals surface area contributed by atoms with E-state index in [-0.39, 0.29) is 17.7 Å². The molecule has 144 valence electrons. The maximum atomic E-state index is 11.8. The summed E-state index contributed by atoms with van der Waals surface area (Å²) < 4.78 is 5.40. The molecule has 0 radical (unpaired) electrons. The third-order valence-electron chi connectivity index (χ3n) is 3.93. The van der Waals surface area contributed by atoms with Crippen LogP contribution in [-0.4, -0.2) is 23.4 Å². The number of amides is 2. The molecule has 1 aromatic heterocycles. The van der Waals surface area contributed by atoms with Gasteiger partial charge in [0.1, 0.15) is 5.75 Å². The van der Waals surface area contributed by atoms with E-state index in [1.807, 2.05) is 24.3 Å². The molecule has 3 aromatic rings. The molecule has 0 aliphatic carbocycles. The van der Waals surface area contributed by atoms with Crippen molar-refractivity contribution in [2.75, 3.05) is 6.61 Å². The Balaban J connectivity index is 1.48. The summed E-state index contributed by atoms with van der Waals surface area (Å²) in [6.45, 7) is -0.290. The Hall–Kier alpha value is -4.38. The fourth-order valence-electron chi connectivity index (χ4n) is 2.42. The molecule has 0 aliphatic heterocycles. The molecule has 8 nitrogen and oxygen atoms in total. The molecule has 0 aliphatic rings. The molecule has 0 atom stereocenters. The van der Waals surface area contributed by atoms with Crippen LogP contribution in [0.2, 0.25) is 0 Å². The van der Waals surface area contributed by atoms with E-state index in [9.17, 15) is 14.4 Å². The molecule has 1 heterocycles. The van der Waals surface area contributed by atoms with Gasteiger partial charge in [-0.3, -0.25) is 25.2 Å². The largest absolute Gasteiger partial charge is 0.484 e. The quantitative estimate of drug-likeness (QED) is 0.575. The average molecular weight is 388 g/mol. The summed E-state index contributed by atoms with van der Waals surface area (Å²) in [6.07, 6.45) is 1.25. The first-order valence-electron chi connectivity index (χ1n) is 8.56. The molecular formula is C21H16N4O4. The molecule has 2 amide bonds. The minimum absolute atomic E-state index is 0.198. The minimum atomic E-state index is -0.568. The maximum Gasteiger partial charge on any atom is 0.276 e. The Bertz CT molecular complexity index is 1090. The predicted molar refractivity (Wildman–Crippen MR) is 105 cm³/mol. The molecule has 8 heteroatoms. The van der Waals surface area contributed by atoms with Crippen LogP contribution in [0, 0.1) is 11.3 Å². The highest BCUT2D eigenvalue weighted by atomic mass is 16.5. The van der Waals surface area contributed by atoms with Gasteiger partial charge in [-0.25, -0.2) is 0 Å². The molecular weight excluding hydrogens is 372 g/mol. The third kappa shape index (κ3) is 5.30. The van der Waals surface area contributed by atoms with Gasteiger partial charge in [0.05, 0.1) is 17.2 Å². The predicted octanol–water partition coefficient (Wildman–Crippen LogP) is 1.75. The number of aromatic amines is 1. The average Bonchev–Trinajstić information content (AvgIpc) is 2.77. The zero-order valence-corrected chi connectivity index (χ0v) is 15.1. The number of hydrogen-bond donors (Lipinski definition) is 3. The number of ether oxygens (including phenoxy) is 1. The van der Waals surface area contributed by atoms with Gasteiger partial charge in [0.25, 0.3) is 11.8 Å². The number of benzene rings is 2. The van der Waals surface area contributed by atoms with Crippen LogP contribution in [-0.2, 0) is 4.79 Å². The first-order valence-corrected chi connectivity index (χ1v) is 8.56. The molecule has 3 N–H and O–H groups in total. The molecule has 0 saturated carbocycles. The van der Waals surface area contributed by atoms with E-state index in [0.29, 0.717) is 11.3 Å². The van der Waals surface area contributed by atoms with E-state index in [1.54, 1.807) is 24.3 Å². The third-order valence-corrected chi connectivity index (χ3v) is 3.93. The normalized spacial score (nSPS) is 9.90. The SMILES string of the molecule is N#Cc1ccc(-c2ccc(OCC(=O)NNC(=O)c3ccc(=O)[nH]c3)cc2)cc1. The Morgan fingerprint density at radius 3 is 2.17 bits per heavy atom. The molecule has 0 saturated heterocycles. The van der Waals surface area contributed by atoms with Gasteiger partial charge in [-0.1, -0.05) is 24.3 Å². The number of aromatic nitrogens is 1. The highest BCUT2D eigenvalue weighted by Crippen LogP contribution is 2.22. The van der Waals surface area contributed by atoms with Crippen LogP contribution in [0.5, 0.6) is 5.75 Å². The molecule has 3 rings (SSSR count). The van der Waals surface area contributed by atoms with Crippen molar-refractivity contribution in [2.45, 2.75) is 0 Å². The van der Waals surface area contributed by atoms with Crippen LogP contribution in [0.4, 0.5) is 0 Å². The lowest BCUT2D eigenvalue weighted by Gasteiger charge is -2.09. The zero-order chi connectivity index (χ0) is 20.6. The van der Waals surface area contributed by atoms with Crippen molar-refractivity contribution >= 4 is 11.8 Å². The van der Waals surface area contributed by atoms with Crippen LogP contribution in [0.1, 0.15) is 15.9 Å². The maximum absolute atomic E-state index is 11.8. The molecule has 0 unspecified atom stereocenters. The lowest BCUT2D eigenvalue weighted by molar-refractivity contribution is -0.123. The van der Waals surface area contributed by atoms with Gasteiger partial charge in [-0.15, -0.1) is 0 Å². The van der Waals surface area contributed by atoms with Gasteiger partial charge in [-0.05, 0) is 41.5 Å². The topological polar surface area (TPSA) is 124 Å². The summed E-state index contributed by atoms with van der Waals surface area (Å²) in [5.41, 5.74) is 6.82. The lowest BCUT2D eigenvalue weighted by atomic mass is 10.0.